The maximum atomic E-state index is 12.1. The summed E-state index contributed by atoms with van der Waals surface area (Å²) < 4.78 is 28.1. The average Bonchev–Trinajstić information content (AvgIpc) is 2.77. The lowest BCUT2D eigenvalue weighted by molar-refractivity contribution is -0.255. The van der Waals surface area contributed by atoms with E-state index in [1.165, 1.54) is 0 Å². The Morgan fingerprint density at radius 1 is 1.43 bits per heavy atom. The van der Waals surface area contributed by atoms with Gasteiger partial charge in [-0.15, -0.1) is 0 Å². The van der Waals surface area contributed by atoms with E-state index in [0.717, 1.165) is 16.5 Å². The van der Waals surface area contributed by atoms with Crippen LogP contribution in [0.1, 0.15) is 5.56 Å². The van der Waals surface area contributed by atoms with Crippen LogP contribution in [-0.2, 0) is 11.2 Å². The zero-order chi connectivity index (χ0) is 15.5. The first-order valence-electron chi connectivity index (χ1n) is 6.58. The third-order valence-electron chi connectivity index (χ3n) is 3.23. The van der Waals surface area contributed by atoms with Gasteiger partial charge in [0.15, 0.2) is 7.85 Å². The number of rotatable bonds is 7. The highest BCUT2D eigenvalue weighted by Crippen LogP contribution is 2.18. The van der Waals surface area contributed by atoms with Crippen LogP contribution in [0.15, 0.2) is 30.5 Å². The Labute approximate surface area is 123 Å². The van der Waals surface area contributed by atoms with Gasteiger partial charge in [-0.3, -0.25) is 4.74 Å². The van der Waals surface area contributed by atoms with Crippen LogP contribution in [0.3, 0.4) is 0 Å². The molecule has 2 radical (unpaired) electrons. The molecule has 1 aromatic heterocycles. The molecule has 7 heteroatoms. The molecule has 21 heavy (non-hydrogen) atoms. The molecule has 112 valence electrons. The van der Waals surface area contributed by atoms with Gasteiger partial charge in [-0.2, -0.15) is 8.78 Å². The molecule has 0 spiro atoms. The Morgan fingerprint density at radius 2 is 2.14 bits per heavy atom. The molecule has 0 fully saturated rings. The number of hydrogen-bond donors (Lipinski definition) is 2. The summed E-state index contributed by atoms with van der Waals surface area (Å²) in [6.07, 6.45) is 2.62. The highest BCUT2D eigenvalue weighted by atomic mass is 19.3. The van der Waals surface area contributed by atoms with Gasteiger partial charge in [-0.25, -0.2) is 0 Å². The lowest BCUT2D eigenvalue weighted by atomic mass is 9.94. The minimum atomic E-state index is -3.11. The summed E-state index contributed by atoms with van der Waals surface area (Å²) in [6, 6.07) is 7.90. The highest BCUT2D eigenvalue weighted by molar-refractivity contribution is 6.13. The van der Waals surface area contributed by atoms with E-state index in [-0.39, 0.29) is 6.54 Å². The number of likely N-dealkylation sites (N-methyl/N-ethyl adjacent to an activating group) is 1. The monoisotopic (exact) mass is 294 g/mol. The van der Waals surface area contributed by atoms with Crippen molar-refractivity contribution in [3.63, 3.8) is 0 Å². The van der Waals surface area contributed by atoms with E-state index in [9.17, 15) is 13.9 Å². The number of H-pyrrole nitrogens is 1. The van der Waals surface area contributed by atoms with Crippen molar-refractivity contribution in [2.24, 2.45) is 0 Å². The van der Waals surface area contributed by atoms with E-state index < -0.39 is 12.3 Å². The van der Waals surface area contributed by atoms with Gasteiger partial charge in [0, 0.05) is 30.2 Å². The summed E-state index contributed by atoms with van der Waals surface area (Å²) in [5, 5.41) is 10.6. The van der Waals surface area contributed by atoms with Gasteiger partial charge >= 0.3 is 6.61 Å². The van der Waals surface area contributed by atoms with Crippen molar-refractivity contribution in [1.82, 2.24) is 9.88 Å². The van der Waals surface area contributed by atoms with Crippen LogP contribution in [0.5, 0.6) is 0 Å². The van der Waals surface area contributed by atoms with Crippen LogP contribution in [0, 0.1) is 0 Å². The number of para-hydroxylation sites is 1. The molecular weight excluding hydrogens is 277 g/mol. The number of aromatic nitrogens is 1. The predicted octanol–water partition coefficient (Wildman–Crippen LogP) is 1.70. The molecule has 0 aliphatic rings. The van der Waals surface area contributed by atoms with Crippen LogP contribution < -0.4 is 0 Å². The van der Waals surface area contributed by atoms with Crippen LogP contribution in [0.2, 0.25) is 0 Å². The summed E-state index contributed by atoms with van der Waals surface area (Å²) in [7, 11) is 6.95. The fourth-order valence-corrected chi connectivity index (χ4v) is 2.31. The van der Waals surface area contributed by atoms with Gasteiger partial charge in [-0.05, 0) is 25.1 Å². The van der Waals surface area contributed by atoms with E-state index in [4.69, 9.17) is 7.85 Å². The number of ether oxygens (including phenoxy) is 1. The highest BCUT2D eigenvalue weighted by Gasteiger charge is 2.26. The fraction of sp³-hybridized carbons (Fsp3) is 0.429. The topological polar surface area (TPSA) is 48.5 Å². The molecule has 0 saturated carbocycles. The molecule has 2 rings (SSSR count). The maximum absolute atomic E-state index is 12.1. The lowest BCUT2D eigenvalue weighted by Crippen LogP contribution is -2.46. The molecule has 1 aromatic carbocycles. The summed E-state index contributed by atoms with van der Waals surface area (Å²) in [6.45, 7) is -2.77. The Balaban J connectivity index is 1.90. The fourth-order valence-electron chi connectivity index (χ4n) is 2.31. The molecule has 4 nitrogen and oxygen atoms in total. The second kappa shape index (κ2) is 6.55. The molecule has 1 unspecified atom stereocenters. The quantitative estimate of drug-likeness (QED) is 0.603. The van der Waals surface area contributed by atoms with Crippen molar-refractivity contribution in [1.29, 1.82) is 0 Å². The number of benzene rings is 1. The second-order valence-electron chi connectivity index (χ2n) is 5.07. The number of halogens is 2. The average molecular weight is 294 g/mol. The second-order valence-corrected chi connectivity index (χ2v) is 5.07. The van der Waals surface area contributed by atoms with Gasteiger partial charge in [0.1, 0.15) is 5.69 Å². The Kier molecular flexibility index (Phi) is 4.98. The third-order valence-corrected chi connectivity index (χ3v) is 3.23. The van der Waals surface area contributed by atoms with Gasteiger partial charge < -0.3 is 15.0 Å². The molecule has 2 N–H and O–H groups in total. The third kappa shape index (κ3) is 4.52. The van der Waals surface area contributed by atoms with Crippen LogP contribution in [-0.4, -0.2) is 55.3 Å². The Bertz CT molecular complexity index is 589. The van der Waals surface area contributed by atoms with Crippen molar-refractivity contribution < 1.29 is 18.6 Å². The molecule has 0 aliphatic heterocycles. The van der Waals surface area contributed by atoms with Crippen LogP contribution in [0.25, 0.3) is 10.9 Å². The number of hydrogen-bond acceptors (Lipinski definition) is 3. The predicted molar refractivity (Wildman–Crippen MR) is 77.3 cm³/mol. The molecule has 0 aliphatic carbocycles. The first-order valence-corrected chi connectivity index (χ1v) is 6.58. The van der Waals surface area contributed by atoms with Crippen molar-refractivity contribution in [3.05, 3.63) is 36.0 Å². The van der Waals surface area contributed by atoms with Crippen LogP contribution >= 0.6 is 0 Å². The van der Waals surface area contributed by atoms with E-state index >= 15 is 0 Å². The van der Waals surface area contributed by atoms with Crippen molar-refractivity contribution >= 4 is 18.7 Å². The smallest absolute Gasteiger partial charge is 0.347 e. The summed E-state index contributed by atoms with van der Waals surface area (Å²) >= 11 is 0. The Morgan fingerprint density at radius 3 is 2.86 bits per heavy atom. The van der Waals surface area contributed by atoms with Crippen LogP contribution in [0.4, 0.5) is 8.78 Å². The van der Waals surface area contributed by atoms with Gasteiger partial charge in [0.05, 0.1) is 0 Å². The molecule has 1 heterocycles. The lowest BCUT2D eigenvalue weighted by Gasteiger charge is -2.29. The first kappa shape index (κ1) is 15.9. The number of nitrogens with zero attached hydrogens (tertiary/aromatic N) is 1. The normalized spacial score (nSPS) is 15.0. The van der Waals surface area contributed by atoms with E-state index in [2.05, 4.69) is 9.72 Å². The zero-order valence-electron chi connectivity index (χ0n) is 11.7. The maximum Gasteiger partial charge on any atom is 0.347 e. The Hall–Kier alpha value is -1.44. The van der Waals surface area contributed by atoms with Crippen molar-refractivity contribution in [2.45, 2.75) is 18.7 Å². The minimum absolute atomic E-state index is 0.209. The zero-order valence-corrected chi connectivity index (χ0v) is 11.7. The van der Waals surface area contributed by atoms with Crippen molar-refractivity contribution in [2.75, 3.05) is 20.1 Å². The minimum Gasteiger partial charge on any atom is -0.373 e. The standard InChI is InChI=1S/C14H17BF2N2O2/c1-19(9-14(15,20)21-13(16)17)7-6-10-8-18-12-5-3-2-4-11(10)12/h2-5,8,13,18,20H,6-7,9H2,1H3. The molecule has 0 bridgehead atoms. The van der Waals surface area contributed by atoms with Gasteiger partial charge in [0.25, 0.3) is 0 Å². The molecule has 0 amide bonds. The molecule has 0 saturated heterocycles. The number of aliphatic hydroxyl groups is 1. The number of aromatic amines is 1. The number of nitrogens with one attached hydrogen (secondary N) is 1. The number of alkyl halides is 2. The van der Waals surface area contributed by atoms with E-state index in [1.54, 1.807) is 11.9 Å². The van der Waals surface area contributed by atoms with Gasteiger partial charge in [-0.1, -0.05) is 18.2 Å². The SMILES string of the molecule is [B]C(O)(CN(C)CCc1c[nH]c2ccccc12)OC(F)F. The first-order chi connectivity index (χ1) is 9.87. The number of fused-ring (bicyclic) bond motifs is 1. The molecule has 1 atom stereocenters. The van der Waals surface area contributed by atoms with Gasteiger partial charge in [0.2, 0.25) is 0 Å². The summed E-state index contributed by atoms with van der Waals surface area (Å²) in [5.41, 5.74) is -0.192. The molecular formula is C14H17BF2N2O2. The van der Waals surface area contributed by atoms with E-state index in [0.29, 0.717) is 13.0 Å². The summed E-state index contributed by atoms with van der Waals surface area (Å²) in [5.74, 6) is 0. The van der Waals surface area contributed by atoms with E-state index in [1.807, 2.05) is 30.5 Å². The van der Waals surface area contributed by atoms with Crippen molar-refractivity contribution in [3.8, 4) is 0 Å². The molecule has 2 aromatic rings. The summed E-state index contributed by atoms with van der Waals surface area (Å²) in [4.78, 5) is 4.81. The largest absolute Gasteiger partial charge is 0.373 e.